The summed E-state index contributed by atoms with van der Waals surface area (Å²) in [5.74, 6) is -0.827. The first-order valence-electron chi connectivity index (χ1n) is 8.09. The summed E-state index contributed by atoms with van der Waals surface area (Å²) >= 11 is 5.86. The van der Waals surface area contributed by atoms with E-state index in [4.69, 9.17) is 16.3 Å². The second-order valence-corrected chi connectivity index (χ2v) is 6.99. The fourth-order valence-corrected chi connectivity index (χ4v) is 3.94. The minimum Gasteiger partial charge on any atom is -0.490 e. The van der Waals surface area contributed by atoms with E-state index in [-0.39, 0.29) is 17.6 Å². The molecule has 3 N–H and O–H groups in total. The Morgan fingerprint density at radius 3 is 2.67 bits per heavy atom. The Bertz CT molecular complexity index is 650. The van der Waals surface area contributed by atoms with E-state index in [2.05, 4.69) is 5.32 Å². The van der Waals surface area contributed by atoms with Crippen LogP contribution in [0, 0.1) is 11.8 Å². The SMILES string of the molecule is O=C(O)c1cc(Cl)ccc1O[C@H]1CCC2CN[C@H](C(=O)O)CC2C1. The standard InChI is InChI=1S/C17H20ClNO5/c18-11-2-4-15(13(7-11)16(20)21)24-12-3-1-9-8-19-14(17(22)23)6-10(9)5-12/h2,4,7,9-10,12,14,19H,1,3,5-6,8H2,(H,20,21)(H,22,23)/t9?,10?,12-,14-/m0/s1. The number of ether oxygens (including phenoxy) is 1. The predicted octanol–water partition coefficient (Wildman–Crippen LogP) is 2.65. The van der Waals surface area contributed by atoms with Gasteiger partial charge in [-0.1, -0.05) is 11.6 Å². The average molecular weight is 354 g/mol. The number of carboxylic acids is 2. The quantitative estimate of drug-likeness (QED) is 0.770. The zero-order valence-electron chi connectivity index (χ0n) is 13.1. The first-order chi connectivity index (χ1) is 11.4. The first kappa shape index (κ1) is 17.0. The van der Waals surface area contributed by atoms with Crippen LogP contribution in [0.2, 0.25) is 5.02 Å². The molecule has 1 aromatic rings. The molecule has 6 nitrogen and oxygen atoms in total. The summed E-state index contributed by atoms with van der Waals surface area (Å²) in [7, 11) is 0. The molecular formula is C17H20ClNO5. The lowest BCUT2D eigenvalue weighted by molar-refractivity contribution is -0.141. The number of carboxylic acid groups (broad SMARTS) is 2. The van der Waals surface area contributed by atoms with Crippen molar-refractivity contribution in [3.8, 4) is 5.75 Å². The molecule has 24 heavy (non-hydrogen) atoms. The maximum Gasteiger partial charge on any atom is 0.339 e. The van der Waals surface area contributed by atoms with Crippen molar-refractivity contribution < 1.29 is 24.5 Å². The van der Waals surface area contributed by atoms with Crippen molar-refractivity contribution in [3.05, 3.63) is 28.8 Å². The molecule has 1 aliphatic heterocycles. The minimum atomic E-state index is -1.08. The van der Waals surface area contributed by atoms with E-state index in [9.17, 15) is 19.8 Å². The number of hydrogen-bond donors (Lipinski definition) is 3. The van der Waals surface area contributed by atoms with Gasteiger partial charge in [0.05, 0.1) is 6.10 Å². The highest BCUT2D eigenvalue weighted by atomic mass is 35.5. The number of fused-ring (bicyclic) bond motifs is 1. The monoisotopic (exact) mass is 353 g/mol. The van der Waals surface area contributed by atoms with Gasteiger partial charge in [-0.15, -0.1) is 0 Å². The number of aliphatic carboxylic acids is 1. The number of piperidine rings is 1. The fraction of sp³-hybridized carbons (Fsp3) is 0.529. The Kier molecular flexibility index (Phi) is 4.96. The van der Waals surface area contributed by atoms with Crippen molar-refractivity contribution >= 4 is 23.5 Å². The van der Waals surface area contributed by atoms with Crippen molar-refractivity contribution in [2.75, 3.05) is 6.54 Å². The van der Waals surface area contributed by atoms with Crippen LogP contribution in [-0.4, -0.2) is 40.8 Å². The highest BCUT2D eigenvalue weighted by Crippen LogP contribution is 2.38. The smallest absolute Gasteiger partial charge is 0.339 e. The average Bonchev–Trinajstić information content (AvgIpc) is 2.55. The van der Waals surface area contributed by atoms with Gasteiger partial charge in [-0.2, -0.15) is 0 Å². The summed E-state index contributed by atoms with van der Waals surface area (Å²) in [6.45, 7) is 0.718. The van der Waals surface area contributed by atoms with Crippen molar-refractivity contribution in [2.45, 2.75) is 37.8 Å². The van der Waals surface area contributed by atoms with Crippen LogP contribution in [0.5, 0.6) is 5.75 Å². The molecule has 0 bridgehead atoms. The molecule has 0 amide bonds. The fourth-order valence-electron chi connectivity index (χ4n) is 3.77. The number of halogens is 1. The summed E-state index contributed by atoms with van der Waals surface area (Å²) < 4.78 is 5.94. The summed E-state index contributed by atoms with van der Waals surface area (Å²) in [6, 6.07) is 4.07. The molecule has 1 aromatic carbocycles. The molecule has 1 aliphatic carbocycles. The van der Waals surface area contributed by atoms with E-state index < -0.39 is 18.0 Å². The summed E-state index contributed by atoms with van der Waals surface area (Å²) in [5.41, 5.74) is 0.0540. The minimum absolute atomic E-state index is 0.0540. The maximum absolute atomic E-state index is 11.3. The van der Waals surface area contributed by atoms with Gasteiger partial charge in [0.2, 0.25) is 0 Å². The van der Waals surface area contributed by atoms with Crippen LogP contribution in [0.15, 0.2) is 18.2 Å². The lowest BCUT2D eigenvalue weighted by atomic mass is 9.72. The topological polar surface area (TPSA) is 95.9 Å². The first-order valence-corrected chi connectivity index (χ1v) is 8.47. The summed E-state index contributed by atoms with van der Waals surface area (Å²) in [6.07, 6.45) is 3.02. The second-order valence-electron chi connectivity index (χ2n) is 6.55. The highest BCUT2D eigenvalue weighted by Gasteiger charge is 2.38. The summed E-state index contributed by atoms with van der Waals surface area (Å²) in [5, 5.41) is 21.9. The largest absolute Gasteiger partial charge is 0.490 e. The normalized spacial score (nSPS) is 29.5. The van der Waals surface area contributed by atoms with E-state index in [1.54, 1.807) is 12.1 Å². The molecule has 2 unspecified atom stereocenters. The van der Waals surface area contributed by atoms with Crippen LogP contribution in [0.25, 0.3) is 0 Å². The zero-order valence-corrected chi connectivity index (χ0v) is 13.8. The van der Waals surface area contributed by atoms with Gasteiger partial charge < -0.3 is 20.3 Å². The Morgan fingerprint density at radius 2 is 1.96 bits per heavy atom. The molecule has 0 spiro atoms. The molecule has 1 saturated carbocycles. The summed E-state index contributed by atoms with van der Waals surface area (Å²) in [4.78, 5) is 22.5. The van der Waals surface area contributed by atoms with E-state index in [0.29, 0.717) is 23.1 Å². The van der Waals surface area contributed by atoms with E-state index >= 15 is 0 Å². The molecule has 1 heterocycles. The van der Waals surface area contributed by atoms with Gasteiger partial charge in [0.25, 0.3) is 0 Å². The van der Waals surface area contributed by atoms with Gasteiger partial charge in [-0.05, 0) is 62.3 Å². The number of hydrogen-bond acceptors (Lipinski definition) is 4. The third kappa shape index (κ3) is 3.65. The maximum atomic E-state index is 11.3. The van der Waals surface area contributed by atoms with Crippen LogP contribution >= 0.6 is 11.6 Å². The number of aromatic carboxylic acids is 1. The molecule has 130 valence electrons. The van der Waals surface area contributed by atoms with Gasteiger partial charge >= 0.3 is 11.9 Å². The third-order valence-electron chi connectivity index (χ3n) is 5.02. The molecule has 0 radical (unpaired) electrons. The van der Waals surface area contributed by atoms with Crippen LogP contribution in [0.1, 0.15) is 36.0 Å². The van der Waals surface area contributed by atoms with Gasteiger partial charge in [0.15, 0.2) is 0 Å². The number of carbonyl (C=O) groups is 2. The van der Waals surface area contributed by atoms with Crippen molar-refractivity contribution in [1.82, 2.24) is 5.32 Å². The molecule has 1 saturated heterocycles. The van der Waals surface area contributed by atoms with Crippen LogP contribution in [0.3, 0.4) is 0 Å². The molecular weight excluding hydrogens is 334 g/mol. The van der Waals surface area contributed by atoms with Crippen molar-refractivity contribution in [3.63, 3.8) is 0 Å². The third-order valence-corrected chi connectivity index (χ3v) is 5.26. The van der Waals surface area contributed by atoms with E-state index in [0.717, 1.165) is 25.8 Å². The van der Waals surface area contributed by atoms with Gasteiger partial charge in [-0.3, -0.25) is 4.79 Å². The second kappa shape index (κ2) is 6.99. The van der Waals surface area contributed by atoms with E-state index in [1.807, 2.05) is 0 Å². The van der Waals surface area contributed by atoms with Crippen LogP contribution in [-0.2, 0) is 4.79 Å². The van der Waals surface area contributed by atoms with E-state index in [1.165, 1.54) is 6.07 Å². The Hall–Kier alpha value is -1.79. The lowest BCUT2D eigenvalue weighted by Crippen LogP contribution is -2.50. The molecule has 0 aromatic heterocycles. The number of rotatable bonds is 4. The molecule has 2 aliphatic rings. The Morgan fingerprint density at radius 1 is 1.17 bits per heavy atom. The van der Waals surface area contributed by atoms with Gasteiger partial charge in [0.1, 0.15) is 17.4 Å². The number of nitrogens with one attached hydrogen (secondary N) is 1. The zero-order chi connectivity index (χ0) is 17.3. The van der Waals surface area contributed by atoms with Crippen molar-refractivity contribution in [1.29, 1.82) is 0 Å². The van der Waals surface area contributed by atoms with Gasteiger partial charge in [0, 0.05) is 5.02 Å². The highest BCUT2D eigenvalue weighted by molar-refractivity contribution is 6.31. The lowest BCUT2D eigenvalue weighted by Gasteiger charge is -2.41. The van der Waals surface area contributed by atoms with Crippen molar-refractivity contribution in [2.24, 2.45) is 11.8 Å². The number of benzene rings is 1. The molecule has 2 fully saturated rings. The van der Waals surface area contributed by atoms with Crippen LogP contribution < -0.4 is 10.1 Å². The Balaban J connectivity index is 1.69. The van der Waals surface area contributed by atoms with Crippen LogP contribution in [0.4, 0.5) is 0 Å². The molecule has 3 rings (SSSR count). The predicted molar refractivity (Wildman–Crippen MR) is 87.7 cm³/mol. The molecule has 7 heteroatoms. The molecule has 4 atom stereocenters. The van der Waals surface area contributed by atoms with Gasteiger partial charge in [-0.25, -0.2) is 4.79 Å². The Labute approximate surface area is 144 Å².